The van der Waals surface area contributed by atoms with Gasteiger partial charge < -0.3 is 9.80 Å². The summed E-state index contributed by atoms with van der Waals surface area (Å²) in [6.07, 6.45) is 0.265. The molecule has 0 unspecified atom stereocenters. The van der Waals surface area contributed by atoms with Crippen molar-refractivity contribution >= 4 is 17.4 Å². The molecule has 2 aliphatic heterocycles. The van der Waals surface area contributed by atoms with Gasteiger partial charge in [0.2, 0.25) is 0 Å². The molecular weight excluding hydrogens is 559 g/mol. The Hall–Kier alpha value is -4.68. The predicted octanol–water partition coefficient (Wildman–Crippen LogP) is 5.08. The Morgan fingerprint density at radius 2 is 1.62 bits per heavy atom. The highest BCUT2D eigenvalue weighted by atomic mass is 19.4. The van der Waals surface area contributed by atoms with Gasteiger partial charge in [0, 0.05) is 44.1 Å². The maximum Gasteiger partial charge on any atom is 0.419 e. The molecule has 1 amide bonds. The molecule has 8 nitrogen and oxygen atoms in total. The number of amides is 1. The molecule has 2 aliphatic rings. The van der Waals surface area contributed by atoms with Gasteiger partial charge in [-0.25, -0.2) is 13.5 Å². The third-order valence-electron chi connectivity index (χ3n) is 7.87. The average Bonchev–Trinajstić information content (AvgIpc) is 3.56. The Morgan fingerprint density at radius 3 is 2.29 bits per heavy atom. The van der Waals surface area contributed by atoms with Gasteiger partial charge in [-0.2, -0.15) is 18.3 Å². The smallest absolute Gasteiger partial charge is 0.358 e. The number of ketones is 1. The van der Waals surface area contributed by atoms with Crippen LogP contribution in [0.25, 0.3) is 17.1 Å². The van der Waals surface area contributed by atoms with E-state index in [1.165, 1.54) is 36.8 Å². The fraction of sp³-hybridized carbons (Fsp3) is 0.276. The predicted molar refractivity (Wildman–Crippen MR) is 141 cm³/mol. The summed E-state index contributed by atoms with van der Waals surface area (Å²) < 4.78 is 69.0. The minimum atomic E-state index is -4.94. The van der Waals surface area contributed by atoms with Crippen molar-refractivity contribution in [2.24, 2.45) is 0 Å². The standard InChI is InChI=1S/C29H23F5N6O2/c30-18-1-3-19(4-2-18)39-12-7-26(41)28(39)8-13-38(14-9-28)27(42)23-16-25(24-17-35-10-11-36-24)40(37-23)20-5-6-22(31)21(15-20)29(32,33)34/h1-6,10-11,15-17H,7-9,12-14H2. The van der Waals surface area contributed by atoms with Gasteiger partial charge >= 0.3 is 6.18 Å². The molecule has 0 aliphatic carbocycles. The van der Waals surface area contributed by atoms with Gasteiger partial charge in [-0.15, -0.1) is 0 Å². The van der Waals surface area contributed by atoms with Crippen molar-refractivity contribution in [2.45, 2.75) is 31.0 Å². The third-order valence-corrected chi connectivity index (χ3v) is 7.87. The molecule has 0 N–H and O–H groups in total. The number of anilines is 1. The second-order valence-corrected chi connectivity index (χ2v) is 10.2. The molecule has 4 heterocycles. The van der Waals surface area contributed by atoms with E-state index in [4.69, 9.17) is 0 Å². The minimum Gasteiger partial charge on any atom is -0.358 e. The molecule has 216 valence electrons. The first-order valence-electron chi connectivity index (χ1n) is 13.2. The van der Waals surface area contributed by atoms with Crippen molar-refractivity contribution in [1.29, 1.82) is 0 Å². The first-order chi connectivity index (χ1) is 20.1. The van der Waals surface area contributed by atoms with Crippen molar-refractivity contribution in [3.8, 4) is 17.1 Å². The van der Waals surface area contributed by atoms with Crippen LogP contribution >= 0.6 is 0 Å². The first kappa shape index (κ1) is 27.5. The molecule has 2 aromatic carbocycles. The number of nitrogens with zero attached hydrogens (tertiary/aromatic N) is 6. The molecular formula is C29H23F5N6O2. The molecule has 1 spiro atoms. The van der Waals surface area contributed by atoms with Gasteiger partial charge in [0.05, 0.1) is 23.1 Å². The van der Waals surface area contributed by atoms with Crippen LogP contribution in [0.1, 0.15) is 35.3 Å². The fourth-order valence-electron chi connectivity index (χ4n) is 5.76. The highest BCUT2D eigenvalue weighted by Crippen LogP contribution is 2.40. The topological polar surface area (TPSA) is 84.2 Å². The summed E-state index contributed by atoms with van der Waals surface area (Å²) in [6, 6.07) is 9.79. The maximum absolute atomic E-state index is 14.0. The Bertz CT molecular complexity index is 1650. The van der Waals surface area contributed by atoms with Crippen LogP contribution in [0.3, 0.4) is 0 Å². The molecule has 0 bridgehead atoms. The summed E-state index contributed by atoms with van der Waals surface area (Å²) in [5.41, 5.74) is -1.31. The quantitative estimate of drug-likeness (QED) is 0.312. The zero-order valence-electron chi connectivity index (χ0n) is 22.0. The number of hydrogen-bond acceptors (Lipinski definition) is 6. The van der Waals surface area contributed by atoms with Crippen LogP contribution < -0.4 is 4.90 Å². The molecule has 6 rings (SSSR count). The number of carbonyl (C=O) groups is 2. The zero-order chi connectivity index (χ0) is 29.6. The Kier molecular flexibility index (Phi) is 6.74. The van der Waals surface area contributed by atoms with Crippen molar-refractivity contribution < 1.29 is 31.5 Å². The molecule has 42 heavy (non-hydrogen) atoms. The Balaban J connectivity index is 1.30. The van der Waals surface area contributed by atoms with Crippen LogP contribution in [-0.4, -0.2) is 61.5 Å². The van der Waals surface area contributed by atoms with E-state index in [2.05, 4.69) is 15.1 Å². The lowest BCUT2D eigenvalue weighted by Gasteiger charge is -2.44. The summed E-state index contributed by atoms with van der Waals surface area (Å²) in [5, 5.41) is 4.31. The van der Waals surface area contributed by atoms with Crippen LogP contribution in [0, 0.1) is 11.6 Å². The van der Waals surface area contributed by atoms with Gasteiger partial charge in [0.15, 0.2) is 11.5 Å². The zero-order valence-corrected chi connectivity index (χ0v) is 22.0. The Labute approximate surface area is 236 Å². The molecule has 0 atom stereocenters. The van der Waals surface area contributed by atoms with Crippen molar-refractivity contribution in [3.63, 3.8) is 0 Å². The molecule has 2 saturated heterocycles. The number of benzene rings is 2. The van der Waals surface area contributed by atoms with Crippen LogP contribution in [0.4, 0.5) is 27.6 Å². The number of likely N-dealkylation sites (tertiary alicyclic amines) is 1. The van der Waals surface area contributed by atoms with Crippen LogP contribution in [0.5, 0.6) is 0 Å². The van der Waals surface area contributed by atoms with Gasteiger partial charge in [0.25, 0.3) is 5.91 Å². The third kappa shape index (κ3) is 4.78. The lowest BCUT2D eigenvalue weighted by molar-refractivity contribution is -0.140. The summed E-state index contributed by atoms with van der Waals surface area (Å²) in [7, 11) is 0. The van der Waals surface area contributed by atoms with Gasteiger partial charge in [-0.1, -0.05) is 0 Å². The van der Waals surface area contributed by atoms with E-state index in [0.717, 1.165) is 16.4 Å². The van der Waals surface area contributed by atoms with E-state index >= 15 is 0 Å². The lowest BCUT2D eigenvalue weighted by Crippen LogP contribution is -2.56. The molecule has 13 heteroatoms. The van der Waals surface area contributed by atoms with Crippen molar-refractivity contribution in [1.82, 2.24) is 24.6 Å². The van der Waals surface area contributed by atoms with Gasteiger partial charge in [0.1, 0.15) is 22.9 Å². The number of alkyl halides is 3. The van der Waals surface area contributed by atoms with Crippen LogP contribution in [-0.2, 0) is 11.0 Å². The van der Waals surface area contributed by atoms with E-state index in [1.54, 1.807) is 17.0 Å². The largest absolute Gasteiger partial charge is 0.419 e. The number of aromatic nitrogens is 4. The molecule has 2 fully saturated rings. The number of hydrogen-bond donors (Lipinski definition) is 0. The molecule has 2 aromatic heterocycles. The summed E-state index contributed by atoms with van der Waals surface area (Å²) in [5.74, 6) is -2.24. The summed E-state index contributed by atoms with van der Waals surface area (Å²) in [6.45, 7) is 0.941. The monoisotopic (exact) mass is 582 g/mol. The van der Waals surface area contributed by atoms with E-state index in [1.807, 2.05) is 4.90 Å². The normalized spacial score (nSPS) is 16.8. The Morgan fingerprint density at radius 1 is 0.905 bits per heavy atom. The number of Topliss-reactive ketones (excluding diaryl/α,β-unsaturated/α-hetero) is 1. The van der Waals surface area contributed by atoms with Crippen molar-refractivity contribution in [3.05, 3.63) is 90.0 Å². The lowest BCUT2D eigenvalue weighted by atomic mass is 9.83. The van der Waals surface area contributed by atoms with Gasteiger partial charge in [-0.3, -0.25) is 19.6 Å². The second kappa shape index (κ2) is 10.3. The summed E-state index contributed by atoms with van der Waals surface area (Å²) in [4.78, 5) is 38.4. The minimum absolute atomic E-state index is 0.0578. The maximum atomic E-state index is 14.0. The molecule has 4 aromatic rings. The first-order valence-corrected chi connectivity index (χ1v) is 13.2. The fourth-order valence-corrected chi connectivity index (χ4v) is 5.76. The van der Waals surface area contributed by atoms with E-state index in [0.29, 0.717) is 37.9 Å². The average molecular weight is 583 g/mol. The number of halogens is 5. The van der Waals surface area contributed by atoms with E-state index in [9.17, 15) is 31.5 Å². The van der Waals surface area contributed by atoms with E-state index in [-0.39, 0.29) is 47.5 Å². The van der Waals surface area contributed by atoms with Crippen molar-refractivity contribution in [2.75, 3.05) is 24.5 Å². The van der Waals surface area contributed by atoms with Crippen LogP contribution in [0.2, 0.25) is 0 Å². The highest BCUT2D eigenvalue weighted by molar-refractivity contribution is 5.97. The summed E-state index contributed by atoms with van der Waals surface area (Å²) >= 11 is 0. The SMILES string of the molecule is O=C(c1cc(-c2cnccn2)n(-c2ccc(F)c(C(F)(F)F)c2)n1)N1CCC2(CC1)C(=O)CCN2c1ccc(F)cc1. The second-order valence-electron chi connectivity index (χ2n) is 10.2. The number of rotatable bonds is 4. The van der Waals surface area contributed by atoms with Gasteiger partial charge in [-0.05, 0) is 61.4 Å². The van der Waals surface area contributed by atoms with Crippen LogP contribution in [0.15, 0.2) is 67.1 Å². The molecule has 0 radical (unpaired) electrons. The number of carbonyl (C=O) groups excluding carboxylic acids is 2. The number of piperidine rings is 1. The van der Waals surface area contributed by atoms with E-state index < -0.39 is 29.0 Å². The highest BCUT2D eigenvalue weighted by Gasteiger charge is 2.50. The molecule has 0 saturated carbocycles.